The number of benzene rings is 1. The molecule has 0 unspecified atom stereocenters. The zero-order valence-corrected chi connectivity index (χ0v) is 13.4. The molecular formula is C16H16ClN5O. The third kappa shape index (κ3) is 3.98. The van der Waals surface area contributed by atoms with Gasteiger partial charge in [-0.05, 0) is 24.6 Å². The predicted molar refractivity (Wildman–Crippen MR) is 88.4 cm³/mol. The Morgan fingerprint density at radius 1 is 1.26 bits per heavy atom. The van der Waals surface area contributed by atoms with Gasteiger partial charge in [0.1, 0.15) is 6.54 Å². The molecular weight excluding hydrogens is 314 g/mol. The number of anilines is 1. The highest BCUT2D eigenvalue weighted by atomic mass is 35.5. The van der Waals surface area contributed by atoms with Gasteiger partial charge < -0.3 is 5.32 Å². The first-order valence-electron chi connectivity index (χ1n) is 7.16. The van der Waals surface area contributed by atoms with Crippen LogP contribution in [-0.2, 0) is 17.9 Å². The van der Waals surface area contributed by atoms with E-state index < -0.39 is 0 Å². The van der Waals surface area contributed by atoms with E-state index in [4.69, 9.17) is 11.6 Å². The van der Waals surface area contributed by atoms with Gasteiger partial charge >= 0.3 is 0 Å². The minimum Gasteiger partial charge on any atom is -0.322 e. The van der Waals surface area contributed by atoms with Crippen LogP contribution in [0.1, 0.15) is 11.3 Å². The fraction of sp³-hybridized carbons (Fsp3) is 0.188. The van der Waals surface area contributed by atoms with E-state index in [0.717, 1.165) is 11.3 Å². The summed E-state index contributed by atoms with van der Waals surface area (Å²) < 4.78 is 3.33. The molecule has 1 aromatic carbocycles. The van der Waals surface area contributed by atoms with Gasteiger partial charge in [-0.15, -0.1) is 0 Å². The first-order chi connectivity index (χ1) is 11.1. The third-order valence-corrected chi connectivity index (χ3v) is 3.66. The van der Waals surface area contributed by atoms with Crippen LogP contribution in [0.3, 0.4) is 0 Å². The molecule has 0 saturated heterocycles. The number of aromatic nitrogens is 4. The van der Waals surface area contributed by atoms with E-state index >= 15 is 0 Å². The molecule has 1 N–H and O–H groups in total. The van der Waals surface area contributed by atoms with Crippen LogP contribution in [0.25, 0.3) is 0 Å². The van der Waals surface area contributed by atoms with Crippen LogP contribution >= 0.6 is 11.6 Å². The third-order valence-electron chi connectivity index (χ3n) is 3.29. The number of nitrogens with one attached hydrogen (secondary N) is 1. The first kappa shape index (κ1) is 15.3. The predicted octanol–water partition coefficient (Wildman–Crippen LogP) is 2.73. The molecule has 3 rings (SSSR count). The van der Waals surface area contributed by atoms with Crippen molar-refractivity contribution in [3.63, 3.8) is 0 Å². The Bertz CT molecular complexity index is 823. The van der Waals surface area contributed by atoms with Gasteiger partial charge in [0.05, 0.1) is 24.1 Å². The van der Waals surface area contributed by atoms with E-state index in [2.05, 4.69) is 15.5 Å². The number of halogens is 1. The molecule has 118 valence electrons. The maximum Gasteiger partial charge on any atom is 0.246 e. The lowest BCUT2D eigenvalue weighted by molar-refractivity contribution is -0.116. The highest BCUT2D eigenvalue weighted by Crippen LogP contribution is 2.16. The number of aryl methyl sites for hydroxylation is 1. The second-order valence-corrected chi connectivity index (χ2v) is 5.63. The maximum atomic E-state index is 12.0. The number of hydrogen-bond donors (Lipinski definition) is 1. The van der Waals surface area contributed by atoms with Gasteiger partial charge in [0.15, 0.2) is 0 Å². The maximum absolute atomic E-state index is 12.0. The fourth-order valence-electron chi connectivity index (χ4n) is 2.21. The van der Waals surface area contributed by atoms with Gasteiger partial charge in [0.2, 0.25) is 5.91 Å². The van der Waals surface area contributed by atoms with Crippen LogP contribution in [0.15, 0.2) is 48.9 Å². The van der Waals surface area contributed by atoms with Crippen LogP contribution in [0.2, 0.25) is 5.02 Å². The summed E-state index contributed by atoms with van der Waals surface area (Å²) in [5.41, 5.74) is 2.50. The zero-order chi connectivity index (χ0) is 16.2. The number of carbonyl (C=O) groups excluding carboxylic acids is 1. The molecule has 7 heteroatoms. The molecule has 23 heavy (non-hydrogen) atoms. The Hall–Kier alpha value is -2.60. The Morgan fingerprint density at radius 2 is 2.09 bits per heavy atom. The summed E-state index contributed by atoms with van der Waals surface area (Å²) in [7, 11) is 0. The summed E-state index contributed by atoms with van der Waals surface area (Å²) in [6, 6.07) is 9.46. The van der Waals surface area contributed by atoms with Crippen LogP contribution in [0.5, 0.6) is 0 Å². The molecule has 6 nitrogen and oxygen atoms in total. The largest absolute Gasteiger partial charge is 0.322 e. The molecule has 0 radical (unpaired) electrons. The summed E-state index contributed by atoms with van der Waals surface area (Å²) >= 11 is 6.14. The first-order valence-corrected chi connectivity index (χ1v) is 7.54. The smallest absolute Gasteiger partial charge is 0.246 e. The quantitative estimate of drug-likeness (QED) is 0.782. The molecule has 1 amide bonds. The average Bonchev–Trinajstić information content (AvgIpc) is 3.11. The summed E-state index contributed by atoms with van der Waals surface area (Å²) in [4.78, 5) is 12.0. The van der Waals surface area contributed by atoms with Crippen molar-refractivity contribution in [1.82, 2.24) is 19.6 Å². The molecule has 0 bridgehead atoms. The van der Waals surface area contributed by atoms with Gasteiger partial charge in [-0.2, -0.15) is 10.2 Å². The van der Waals surface area contributed by atoms with Gasteiger partial charge in [0.25, 0.3) is 0 Å². The monoisotopic (exact) mass is 329 g/mol. The fourth-order valence-corrected chi connectivity index (χ4v) is 2.41. The standard InChI is InChI=1S/C16H16ClN5O/c1-12-6-7-21(20-12)11-16(23)19-14-8-18-22(10-14)9-13-4-2-3-5-15(13)17/h2-8,10H,9,11H2,1H3,(H,19,23). The molecule has 2 aromatic heterocycles. The summed E-state index contributed by atoms with van der Waals surface area (Å²) in [6.45, 7) is 2.60. The Labute approximate surface area is 138 Å². The van der Waals surface area contributed by atoms with Crippen molar-refractivity contribution in [3.05, 3.63) is 65.2 Å². The molecule has 0 spiro atoms. The summed E-state index contributed by atoms with van der Waals surface area (Å²) in [5.74, 6) is -0.148. The minimum absolute atomic E-state index is 0.148. The van der Waals surface area contributed by atoms with Gasteiger partial charge in [-0.1, -0.05) is 29.8 Å². The van der Waals surface area contributed by atoms with Gasteiger partial charge in [0, 0.05) is 17.4 Å². The molecule has 0 aliphatic rings. The second-order valence-electron chi connectivity index (χ2n) is 5.22. The van der Waals surface area contributed by atoms with E-state index in [1.807, 2.05) is 37.3 Å². The van der Waals surface area contributed by atoms with Crippen LogP contribution in [0, 0.1) is 6.92 Å². The van der Waals surface area contributed by atoms with E-state index in [0.29, 0.717) is 17.3 Å². The number of rotatable bonds is 5. The number of nitrogens with zero attached hydrogens (tertiary/aromatic N) is 4. The van der Waals surface area contributed by atoms with E-state index in [9.17, 15) is 4.79 Å². The molecule has 0 aliphatic heterocycles. The topological polar surface area (TPSA) is 64.7 Å². The zero-order valence-electron chi connectivity index (χ0n) is 12.6. The molecule has 0 saturated carbocycles. The van der Waals surface area contributed by atoms with E-state index in [1.165, 1.54) is 0 Å². The lowest BCUT2D eigenvalue weighted by Crippen LogP contribution is -2.18. The summed E-state index contributed by atoms with van der Waals surface area (Å²) in [5, 5.41) is 11.9. The number of carbonyl (C=O) groups is 1. The van der Waals surface area contributed by atoms with Crippen molar-refractivity contribution in [2.45, 2.75) is 20.0 Å². The Morgan fingerprint density at radius 3 is 2.83 bits per heavy atom. The van der Waals surface area contributed by atoms with Crippen molar-refractivity contribution >= 4 is 23.2 Å². The lowest BCUT2D eigenvalue weighted by atomic mass is 10.2. The van der Waals surface area contributed by atoms with Crippen molar-refractivity contribution in [3.8, 4) is 0 Å². The van der Waals surface area contributed by atoms with Crippen molar-refractivity contribution in [1.29, 1.82) is 0 Å². The molecule has 0 fully saturated rings. The van der Waals surface area contributed by atoms with Crippen LogP contribution < -0.4 is 5.32 Å². The Balaban J connectivity index is 1.61. The van der Waals surface area contributed by atoms with Crippen LogP contribution in [-0.4, -0.2) is 25.5 Å². The highest BCUT2D eigenvalue weighted by molar-refractivity contribution is 6.31. The van der Waals surface area contributed by atoms with E-state index in [-0.39, 0.29) is 12.5 Å². The van der Waals surface area contributed by atoms with Crippen molar-refractivity contribution < 1.29 is 4.79 Å². The second kappa shape index (κ2) is 6.66. The van der Waals surface area contributed by atoms with Gasteiger partial charge in [-0.25, -0.2) is 0 Å². The minimum atomic E-state index is -0.148. The molecule has 0 atom stereocenters. The highest BCUT2D eigenvalue weighted by Gasteiger charge is 2.07. The average molecular weight is 330 g/mol. The van der Waals surface area contributed by atoms with Gasteiger partial charge in [-0.3, -0.25) is 14.2 Å². The normalized spacial score (nSPS) is 10.7. The van der Waals surface area contributed by atoms with E-state index in [1.54, 1.807) is 28.0 Å². The number of hydrogen-bond acceptors (Lipinski definition) is 3. The van der Waals surface area contributed by atoms with Crippen molar-refractivity contribution in [2.24, 2.45) is 0 Å². The summed E-state index contributed by atoms with van der Waals surface area (Å²) in [6.07, 6.45) is 5.16. The number of amides is 1. The van der Waals surface area contributed by atoms with Crippen LogP contribution in [0.4, 0.5) is 5.69 Å². The van der Waals surface area contributed by atoms with Crippen molar-refractivity contribution in [2.75, 3.05) is 5.32 Å². The lowest BCUT2D eigenvalue weighted by Gasteiger charge is -2.04. The SMILES string of the molecule is Cc1ccn(CC(=O)Nc2cnn(Cc3ccccc3Cl)c2)n1. The molecule has 3 aromatic rings. The molecule has 0 aliphatic carbocycles. The Kier molecular flexibility index (Phi) is 4.43. The molecule has 2 heterocycles.